The molecule has 0 saturated heterocycles. The molecule has 0 spiro atoms. The summed E-state index contributed by atoms with van der Waals surface area (Å²) in [6.07, 6.45) is 1.46. The van der Waals surface area contributed by atoms with E-state index >= 15 is 0 Å². The van der Waals surface area contributed by atoms with Crippen LogP contribution in [-0.2, 0) is 34.1 Å². The number of carbonyl (C=O) groups is 1. The van der Waals surface area contributed by atoms with Crippen LogP contribution < -0.4 is 39.4 Å². The molecular formula is C16H16NNaO4S2. The third-order valence-corrected chi connectivity index (χ3v) is 6.78. The minimum atomic E-state index is -3.43. The number of fused-ring (bicyclic) bond motifs is 1. The van der Waals surface area contributed by atoms with Crippen LogP contribution in [0.5, 0.6) is 0 Å². The van der Waals surface area contributed by atoms with Gasteiger partial charge >= 0.3 is 29.6 Å². The molecule has 0 radical (unpaired) electrons. The molecule has 1 aliphatic carbocycles. The van der Waals surface area contributed by atoms with Crippen molar-refractivity contribution in [3.05, 3.63) is 52.4 Å². The molecule has 5 nitrogen and oxygen atoms in total. The van der Waals surface area contributed by atoms with Crippen molar-refractivity contribution in [3.63, 3.8) is 0 Å². The van der Waals surface area contributed by atoms with Crippen LogP contribution >= 0.6 is 11.3 Å². The zero-order valence-electron chi connectivity index (χ0n) is 13.3. The first-order chi connectivity index (χ1) is 10.9. The van der Waals surface area contributed by atoms with E-state index in [1.807, 2.05) is 12.1 Å². The van der Waals surface area contributed by atoms with Gasteiger partial charge in [0.1, 0.15) is 4.21 Å². The first-order valence-electron chi connectivity index (χ1n) is 7.28. The number of hydrogen-bond donors (Lipinski definition) is 1. The maximum Gasteiger partial charge on any atom is 1.00 e. The van der Waals surface area contributed by atoms with Gasteiger partial charge in [0, 0.05) is 18.9 Å². The molecule has 0 amide bonds. The van der Waals surface area contributed by atoms with Gasteiger partial charge in [-0.05, 0) is 46.9 Å². The van der Waals surface area contributed by atoms with Crippen molar-refractivity contribution in [3.8, 4) is 0 Å². The third kappa shape index (κ3) is 4.68. The van der Waals surface area contributed by atoms with Crippen LogP contribution in [0.25, 0.3) is 0 Å². The zero-order chi connectivity index (χ0) is 16.4. The molecule has 8 heteroatoms. The molecule has 1 unspecified atom stereocenters. The molecule has 24 heavy (non-hydrogen) atoms. The van der Waals surface area contributed by atoms with Crippen molar-refractivity contribution in [1.29, 1.82) is 0 Å². The van der Waals surface area contributed by atoms with E-state index in [0.717, 1.165) is 29.5 Å². The molecular weight excluding hydrogens is 357 g/mol. The molecule has 1 aromatic heterocycles. The largest absolute Gasteiger partial charge is 1.00 e. The predicted octanol–water partition coefficient (Wildman–Crippen LogP) is -2.26. The Balaban J connectivity index is 0.00000208. The standard InChI is InChI=1S/C16H17NO4S2.Na/c18-15(19)9-11-3-4-13-7-12(8-14(13)6-11)10-17-23(20,21)16-2-1-5-22-16;/h1-6,12,17H,7-10H2,(H,18,19);/q;+1/p-1. The monoisotopic (exact) mass is 373 g/mol. The number of benzene rings is 1. The van der Waals surface area contributed by atoms with E-state index in [0.29, 0.717) is 10.8 Å². The molecule has 0 saturated carbocycles. The number of rotatable bonds is 6. The maximum absolute atomic E-state index is 12.1. The van der Waals surface area contributed by atoms with Gasteiger partial charge < -0.3 is 9.90 Å². The fourth-order valence-corrected chi connectivity index (χ4v) is 5.05. The van der Waals surface area contributed by atoms with Crippen molar-refractivity contribution in [2.24, 2.45) is 5.92 Å². The average Bonchev–Trinajstić information content (AvgIpc) is 3.13. The number of carboxylic acid groups (broad SMARTS) is 1. The summed E-state index contributed by atoms with van der Waals surface area (Å²) in [4.78, 5) is 10.7. The summed E-state index contributed by atoms with van der Waals surface area (Å²) < 4.78 is 27.2. The van der Waals surface area contributed by atoms with Crippen LogP contribution in [0.3, 0.4) is 0 Å². The quantitative estimate of drug-likeness (QED) is 0.579. The van der Waals surface area contributed by atoms with Gasteiger partial charge in [-0.1, -0.05) is 24.3 Å². The van der Waals surface area contributed by atoms with E-state index in [9.17, 15) is 18.3 Å². The number of sulfonamides is 1. The Hall–Kier alpha value is -0.700. The van der Waals surface area contributed by atoms with Crippen LogP contribution in [0.1, 0.15) is 16.7 Å². The third-order valence-electron chi connectivity index (χ3n) is 3.96. The number of carbonyl (C=O) groups excluding carboxylic acids is 1. The van der Waals surface area contributed by atoms with E-state index in [4.69, 9.17) is 0 Å². The van der Waals surface area contributed by atoms with Gasteiger partial charge in [-0.2, -0.15) is 0 Å². The van der Waals surface area contributed by atoms with E-state index < -0.39 is 16.0 Å². The van der Waals surface area contributed by atoms with E-state index in [1.54, 1.807) is 23.6 Å². The van der Waals surface area contributed by atoms with Crippen molar-refractivity contribution in [1.82, 2.24) is 4.72 Å². The van der Waals surface area contributed by atoms with Crippen LogP contribution in [0.4, 0.5) is 0 Å². The maximum atomic E-state index is 12.1. The van der Waals surface area contributed by atoms with Gasteiger partial charge in [0.25, 0.3) is 0 Å². The van der Waals surface area contributed by atoms with Gasteiger partial charge in [-0.15, -0.1) is 11.3 Å². The van der Waals surface area contributed by atoms with Crippen LogP contribution in [0.2, 0.25) is 0 Å². The fourth-order valence-electron chi connectivity index (χ4n) is 2.90. The molecule has 0 aliphatic heterocycles. The Labute approximate surface area is 167 Å². The van der Waals surface area contributed by atoms with Crippen LogP contribution in [0, 0.1) is 5.92 Å². The number of thiophene rings is 1. The number of aliphatic carboxylic acids is 1. The molecule has 1 N–H and O–H groups in total. The predicted molar refractivity (Wildman–Crippen MR) is 85.6 cm³/mol. The molecule has 1 heterocycles. The minimum absolute atomic E-state index is 0. The second kappa shape index (κ2) is 8.12. The number of hydrogen-bond acceptors (Lipinski definition) is 5. The van der Waals surface area contributed by atoms with Crippen molar-refractivity contribution >= 4 is 27.3 Å². The molecule has 1 aromatic carbocycles. The van der Waals surface area contributed by atoms with E-state index in [1.165, 1.54) is 11.3 Å². The van der Waals surface area contributed by atoms with Crippen molar-refractivity contribution in [2.75, 3.05) is 6.54 Å². The van der Waals surface area contributed by atoms with Gasteiger partial charge in [0.15, 0.2) is 0 Å². The first kappa shape index (κ1) is 19.6. The van der Waals surface area contributed by atoms with Crippen LogP contribution in [0.15, 0.2) is 39.9 Å². The Bertz CT molecular complexity index is 819. The first-order valence-corrected chi connectivity index (χ1v) is 9.64. The molecule has 0 bridgehead atoms. The molecule has 0 fully saturated rings. The summed E-state index contributed by atoms with van der Waals surface area (Å²) in [5, 5.41) is 12.4. The summed E-state index contributed by atoms with van der Waals surface area (Å²) in [6, 6.07) is 8.92. The summed E-state index contributed by atoms with van der Waals surface area (Å²) in [5.41, 5.74) is 2.99. The number of carboxylic acids is 1. The smallest absolute Gasteiger partial charge is 0.550 e. The minimum Gasteiger partial charge on any atom is -0.550 e. The summed E-state index contributed by atoms with van der Waals surface area (Å²) >= 11 is 1.20. The summed E-state index contributed by atoms with van der Waals surface area (Å²) in [5.74, 6) is -0.902. The van der Waals surface area contributed by atoms with E-state index in [2.05, 4.69) is 4.72 Å². The van der Waals surface area contributed by atoms with Gasteiger partial charge in [-0.25, -0.2) is 13.1 Å². The van der Waals surface area contributed by atoms with Gasteiger partial charge in [0.05, 0.1) is 0 Å². The Morgan fingerprint density at radius 1 is 1.25 bits per heavy atom. The molecule has 1 atom stereocenters. The van der Waals surface area contributed by atoms with E-state index in [-0.39, 0.29) is 41.9 Å². The molecule has 3 rings (SSSR count). The van der Waals surface area contributed by atoms with Crippen molar-refractivity contribution < 1.29 is 47.9 Å². The van der Waals surface area contributed by atoms with Gasteiger partial charge in [-0.3, -0.25) is 0 Å². The zero-order valence-corrected chi connectivity index (χ0v) is 17.0. The fraction of sp³-hybridized carbons (Fsp3) is 0.312. The van der Waals surface area contributed by atoms with Crippen molar-refractivity contribution in [2.45, 2.75) is 23.5 Å². The average molecular weight is 373 g/mol. The Kier molecular flexibility index (Phi) is 6.64. The molecule has 122 valence electrons. The summed E-state index contributed by atoms with van der Waals surface area (Å²) in [7, 11) is -3.43. The summed E-state index contributed by atoms with van der Waals surface area (Å²) in [6.45, 7) is 0.380. The second-order valence-corrected chi connectivity index (χ2v) is 8.65. The normalized spacial score (nSPS) is 16.4. The molecule has 2 aromatic rings. The SMILES string of the molecule is O=C([O-])Cc1ccc2c(c1)CC(CNS(=O)(=O)c1cccs1)C2.[Na+]. The topological polar surface area (TPSA) is 86.3 Å². The second-order valence-electron chi connectivity index (χ2n) is 5.71. The van der Waals surface area contributed by atoms with Gasteiger partial charge in [0.2, 0.25) is 10.0 Å². The Morgan fingerprint density at radius 2 is 2.00 bits per heavy atom. The number of nitrogens with one attached hydrogen (secondary N) is 1. The van der Waals surface area contributed by atoms with Crippen LogP contribution in [-0.4, -0.2) is 20.9 Å². The molecule has 1 aliphatic rings. The Morgan fingerprint density at radius 3 is 2.67 bits per heavy atom.